The highest BCUT2D eigenvalue weighted by molar-refractivity contribution is 7.91. The third-order valence-corrected chi connectivity index (χ3v) is 5.03. The van der Waals surface area contributed by atoms with Crippen molar-refractivity contribution in [3.05, 3.63) is 35.0 Å². The Morgan fingerprint density at radius 1 is 1.47 bits per heavy atom. The van der Waals surface area contributed by atoms with Gasteiger partial charge in [-0.15, -0.1) is 11.3 Å². The number of nitrogens with two attached hydrogens (primary N) is 1. The third-order valence-electron chi connectivity index (χ3n) is 2.33. The summed E-state index contributed by atoms with van der Waals surface area (Å²) in [6, 6.07) is 4.10. The molecule has 2 aromatic heterocycles. The number of hydrogen-bond donors (Lipinski definition) is 2. The van der Waals surface area contributed by atoms with E-state index in [1.165, 1.54) is 18.4 Å². The largest absolute Gasteiger partial charge is 0.364 e. The molecule has 0 spiro atoms. The zero-order chi connectivity index (χ0) is 14.0. The Hall–Kier alpha value is -1.71. The molecule has 0 aliphatic carbocycles. The van der Waals surface area contributed by atoms with Crippen LogP contribution < -0.4 is 10.5 Å². The lowest BCUT2D eigenvalue weighted by Crippen LogP contribution is -2.26. The number of sulfonamides is 1. The fourth-order valence-electron chi connectivity index (χ4n) is 1.39. The second-order valence-electron chi connectivity index (χ2n) is 3.78. The summed E-state index contributed by atoms with van der Waals surface area (Å²) >= 11 is 1.02. The summed E-state index contributed by atoms with van der Waals surface area (Å²) in [4.78, 5) is 12.4. The Bertz CT molecular complexity index is 675. The zero-order valence-electron chi connectivity index (χ0n) is 9.86. The molecule has 9 heteroatoms. The fourth-order valence-corrected chi connectivity index (χ4v) is 3.14. The predicted molar refractivity (Wildman–Crippen MR) is 68.1 cm³/mol. The first kappa shape index (κ1) is 13.7. The van der Waals surface area contributed by atoms with Crippen molar-refractivity contribution < 1.29 is 17.7 Å². The molecule has 0 aromatic carbocycles. The number of carbonyl (C=O) groups excluding carboxylic acids is 1. The van der Waals surface area contributed by atoms with Gasteiger partial charge in [0.2, 0.25) is 10.0 Å². The van der Waals surface area contributed by atoms with Crippen molar-refractivity contribution in [3.63, 3.8) is 0 Å². The summed E-state index contributed by atoms with van der Waals surface area (Å²) in [7, 11) is -3.71. The van der Waals surface area contributed by atoms with Gasteiger partial charge in [-0.2, -0.15) is 0 Å². The van der Waals surface area contributed by atoms with Crippen LogP contribution >= 0.6 is 11.3 Å². The highest BCUT2D eigenvalue weighted by Gasteiger charge is 2.17. The number of carbonyl (C=O) groups is 1. The van der Waals surface area contributed by atoms with Gasteiger partial charge in [0.05, 0.1) is 6.04 Å². The SMILES string of the molecule is CC(NC(=O)c1ccon1)c1ccc(S(N)(=O)=O)s1. The lowest BCUT2D eigenvalue weighted by Gasteiger charge is -2.10. The molecule has 1 unspecified atom stereocenters. The van der Waals surface area contributed by atoms with Crippen LogP contribution in [0.5, 0.6) is 0 Å². The van der Waals surface area contributed by atoms with Gasteiger partial charge in [0.25, 0.3) is 5.91 Å². The summed E-state index contributed by atoms with van der Waals surface area (Å²) < 4.78 is 26.9. The van der Waals surface area contributed by atoms with Gasteiger partial charge in [-0.1, -0.05) is 5.16 Å². The van der Waals surface area contributed by atoms with Crippen LogP contribution in [0.25, 0.3) is 0 Å². The third kappa shape index (κ3) is 3.19. The first-order valence-electron chi connectivity index (χ1n) is 5.21. The summed E-state index contributed by atoms with van der Waals surface area (Å²) in [5, 5.41) is 11.2. The molecule has 0 radical (unpaired) electrons. The molecular weight excluding hydrogens is 290 g/mol. The Balaban J connectivity index is 2.10. The van der Waals surface area contributed by atoms with Crippen LogP contribution in [0.1, 0.15) is 28.3 Å². The highest BCUT2D eigenvalue weighted by Crippen LogP contribution is 2.25. The number of primary sulfonamides is 1. The van der Waals surface area contributed by atoms with Crippen molar-refractivity contribution in [1.29, 1.82) is 0 Å². The number of amides is 1. The molecule has 19 heavy (non-hydrogen) atoms. The van der Waals surface area contributed by atoms with Crippen LogP contribution in [0.15, 0.2) is 33.2 Å². The van der Waals surface area contributed by atoms with E-state index in [0.29, 0.717) is 4.88 Å². The van der Waals surface area contributed by atoms with Crippen molar-refractivity contribution in [2.75, 3.05) is 0 Å². The fraction of sp³-hybridized carbons (Fsp3) is 0.200. The van der Waals surface area contributed by atoms with Gasteiger partial charge in [0, 0.05) is 10.9 Å². The second kappa shape index (κ2) is 5.11. The summed E-state index contributed by atoms with van der Waals surface area (Å²) in [5.74, 6) is -0.396. The minimum Gasteiger partial charge on any atom is -0.364 e. The molecule has 102 valence electrons. The Morgan fingerprint density at radius 2 is 2.21 bits per heavy atom. The molecule has 0 aliphatic heterocycles. The van der Waals surface area contributed by atoms with Gasteiger partial charge in [0.15, 0.2) is 5.69 Å². The van der Waals surface area contributed by atoms with Gasteiger partial charge in [-0.05, 0) is 19.1 Å². The number of nitrogens with zero attached hydrogens (tertiary/aromatic N) is 1. The van der Waals surface area contributed by atoms with Crippen molar-refractivity contribution in [3.8, 4) is 0 Å². The quantitative estimate of drug-likeness (QED) is 0.869. The number of rotatable bonds is 4. The van der Waals surface area contributed by atoms with E-state index in [9.17, 15) is 13.2 Å². The maximum absolute atomic E-state index is 11.7. The average Bonchev–Trinajstić information content (AvgIpc) is 3.00. The summed E-state index contributed by atoms with van der Waals surface area (Å²) in [6.45, 7) is 1.73. The molecule has 0 aliphatic rings. The summed E-state index contributed by atoms with van der Waals surface area (Å²) in [6.07, 6.45) is 1.30. The van der Waals surface area contributed by atoms with Gasteiger partial charge in [-0.3, -0.25) is 4.79 Å². The predicted octanol–water partition coefficient (Wildman–Crippen LogP) is 0.875. The van der Waals surface area contributed by atoms with E-state index in [1.54, 1.807) is 13.0 Å². The van der Waals surface area contributed by atoms with Crippen LogP contribution in [0.4, 0.5) is 0 Å². The van der Waals surface area contributed by atoms with Crippen molar-refractivity contribution >= 4 is 27.3 Å². The highest BCUT2D eigenvalue weighted by atomic mass is 32.2. The molecular formula is C10H11N3O4S2. The molecule has 0 saturated heterocycles. The van der Waals surface area contributed by atoms with E-state index >= 15 is 0 Å². The van der Waals surface area contributed by atoms with Gasteiger partial charge < -0.3 is 9.84 Å². The first-order chi connectivity index (χ1) is 8.88. The zero-order valence-corrected chi connectivity index (χ0v) is 11.5. The van der Waals surface area contributed by atoms with Crippen molar-refractivity contribution in [1.82, 2.24) is 10.5 Å². The minimum absolute atomic E-state index is 0.0602. The summed E-state index contributed by atoms with van der Waals surface area (Å²) in [5.41, 5.74) is 0.162. The average molecular weight is 301 g/mol. The standard InChI is InChI=1S/C10H11N3O4S2/c1-6(12-10(14)7-4-5-17-13-7)8-2-3-9(18-8)19(11,15)16/h2-6H,1H3,(H,12,14)(H2,11,15,16). The topological polar surface area (TPSA) is 115 Å². The lowest BCUT2D eigenvalue weighted by molar-refractivity contribution is 0.0931. The Labute approximate surface area is 113 Å². The molecule has 0 saturated carbocycles. The number of aromatic nitrogens is 1. The Kier molecular flexibility index (Phi) is 3.69. The molecule has 1 atom stereocenters. The molecule has 2 rings (SSSR count). The monoisotopic (exact) mass is 301 g/mol. The van der Waals surface area contributed by atoms with Gasteiger partial charge in [0.1, 0.15) is 10.5 Å². The van der Waals surface area contributed by atoms with Crippen LogP contribution in [-0.4, -0.2) is 19.5 Å². The van der Waals surface area contributed by atoms with E-state index in [1.807, 2.05) is 0 Å². The molecule has 0 fully saturated rings. The normalized spacial score (nSPS) is 13.2. The molecule has 3 N–H and O–H groups in total. The van der Waals surface area contributed by atoms with Crippen LogP contribution in [-0.2, 0) is 10.0 Å². The minimum atomic E-state index is -3.71. The second-order valence-corrected chi connectivity index (χ2v) is 6.69. The number of thiophene rings is 1. The molecule has 2 aromatic rings. The van der Waals surface area contributed by atoms with E-state index in [2.05, 4.69) is 15.0 Å². The Morgan fingerprint density at radius 3 is 2.74 bits per heavy atom. The maximum atomic E-state index is 11.7. The molecule has 7 nitrogen and oxygen atoms in total. The number of hydrogen-bond acceptors (Lipinski definition) is 6. The van der Waals surface area contributed by atoms with E-state index in [-0.39, 0.29) is 15.9 Å². The van der Waals surface area contributed by atoms with E-state index in [0.717, 1.165) is 11.3 Å². The van der Waals surface area contributed by atoms with Crippen LogP contribution in [0.2, 0.25) is 0 Å². The number of nitrogens with one attached hydrogen (secondary N) is 1. The maximum Gasteiger partial charge on any atom is 0.273 e. The molecule has 2 heterocycles. The molecule has 0 bridgehead atoms. The lowest BCUT2D eigenvalue weighted by atomic mass is 10.2. The van der Waals surface area contributed by atoms with Crippen LogP contribution in [0, 0.1) is 0 Å². The van der Waals surface area contributed by atoms with Gasteiger partial charge in [-0.25, -0.2) is 13.6 Å². The first-order valence-corrected chi connectivity index (χ1v) is 7.58. The van der Waals surface area contributed by atoms with Crippen LogP contribution in [0.3, 0.4) is 0 Å². The smallest absolute Gasteiger partial charge is 0.273 e. The van der Waals surface area contributed by atoms with E-state index < -0.39 is 15.9 Å². The van der Waals surface area contributed by atoms with Crippen molar-refractivity contribution in [2.24, 2.45) is 5.14 Å². The molecule has 1 amide bonds. The van der Waals surface area contributed by atoms with Gasteiger partial charge >= 0.3 is 0 Å². The van der Waals surface area contributed by atoms with Crippen molar-refractivity contribution in [2.45, 2.75) is 17.2 Å². The van der Waals surface area contributed by atoms with E-state index in [4.69, 9.17) is 5.14 Å².